The van der Waals surface area contributed by atoms with Gasteiger partial charge in [-0.25, -0.2) is 4.79 Å². The summed E-state index contributed by atoms with van der Waals surface area (Å²) in [5.74, 6) is 1.46. The number of ether oxygens (including phenoxy) is 1. The van der Waals surface area contributed by atoms with Gasteiger partial charge in [0.25, 0.3) is 0 Å². The highest BCUT2D eigenvalue weighted by Crippen LogP contribution is 2.49. The minimum Gasteiger partial charge on any atom is -0.466 e. The maximum Gasteiger partial charge on any atom is 0.334 e. The summed E-state index contributed by atoms with van der Waals surface area (Å²) in [6.07, 6.45) is 12.2. The molecule has 0 saturated heterocycles. The van der Waals surface area contributed by atoms with Crippen LogP contribution in [-0.2, 0) is 9.53 Å². The summed E-state index contributed by atoms with van der Waals surface area (Å²) in [4.78, 5) is 11.9. The fourth-order valence-electron chi connectivity index (χ4n) is 3.87. The van der Waals surface area contributed by atoms with Crippen LogP contribution in [0.3, 0.4) is 0 Å². The predicted octanol–water partition coefficient (Wildman–Crippen LogP) is 3.24. The van der Waals surface area contributed by atoms with Gasteiger partial charge in [-0.1, -0.05) is 31.4 Å². The molecule has 2 nitrogen and oxygen atoms in total. The van der Waals surface area contributed by atoms with Gasteiger partial charge in [-0.2, -0.15) is 0 Å². The Morgan fingerprint density at radius 3 is 2.59 bits per heavy atom. The fourth-order valence-corrected chi connectivity index (χ4v) is 3.87. The standard InChI is InChI=1S/C15H20O2/c1-17-15(16)14-12-8-7-11(9-12)13(14)10-5-3-2-4-6-10/h7-8,10-12H,2-6,9H2,1H3. The largest absolute Gasteiger partial charge is 0.466 e. The molecule has 92 valence electrons. The van der Waals surface area contributed by atoms with Gasteiger partial charge in [-0.15, -0.1) is 0 Å². The summed E-state index contributed by atoms with van der Waals surface area (Å²) in [7, 11) is 1.50. The van der Waals surface area contributed by atoms with Gasteiger partial charge < -0.3 is 4.74 Å². The lowest BCUT2D eigenvalue weighted by molar-refractivity contribution is -0.136. The molecule has 0 amide bonds. The molecule has 2 bridgehead atoms. The van der Waals surface area contributed by atoms with Crippen molar-refractivity contribution >= 4 is 5.97 Å². The molecule has 0 aromatic heterocycles. The molecule has 1 fully saturated rings. The monoisotopic (exact) mass is 232 g/mol. The zero-order valence-corrected chi connectivity index (χ0v) is 10.4. The quantitative estimate of drug-likeness (QED) is 0.539. The van der Waals surface area contributed by atoms with Crippen molar-refractivity contribution in [1.82, 2.24) is 0 Å². The molecule has 0 spiro atoms. The second-order valence-electron chi connectivity index (χ2n) is 5.53. The van der Waals surface area contributed by atoms with Crippen LogP contribution in [0.5, 0.6) is 0 Å². The number of esters is 1. The van der Waals surface area contributed by atoms with Crippen LogP contribution in [0.1, 0.15) is 38.5 Å². The summed E-state index contributed by atoms with van der Waals surface area (Å²) < 4.78 is 4.98. The van der Waals surface area contributed by atoms with Crippen molar-refractivity contribution in [2.75, 3.05) is 7.11 Å². The molecule has 0 N–H and O–H groups in total. The lowest BCUT2D eigenvalue weighted by atomic mass is 9.78. The topological polar surface area (TPSA) is 26.3 Å². The van der Waals surface area contributed by atoms with Gasteiger partial charge in [0.1, 0.15) is 0 Å². The Hall–Kier alpha value is -1.05. The van der Waals surface area contributed by atoms with E-state index >= 15 is 0 Å². The van der Waals surface area contributed by atoms with E-state index in [1.54, 1.807) is 0 Å². The van der Waals surface area contributed by atoms with Crippen LogP contribution < -0.4 is 0 Å². The van der Waals surface area contributed by atoms with E-state index in [-0.39, 0.29) is 5.97 Å². The smallest absolute Gasteiger partial charge is 0.334 e. The van der Waals surface area contributed by atoms with Crippen molar-refractivity contribution in [3.8, 4) is 0 Å². The second-order valence-corrected chi connectivity index (χ2v) is 5.53. The summed E-state index contributed by atoms with van der Waals surface area (Å²) in [5, 5.41) is 0. The fraction of sp³-hybridized carbons (Fsp3) is 0.667. The summed E-state index contributed by atoms with van der Waals surface area (Å²) in [6, 6.07) is 0. The molecule has 0 radical (unpaired) electrons. The number of hydrogen-bond donors (Lipinski definition) is 0. The van der Waals surface area contributed by atoms with Crippen LogP contribution in [0.2, 0.25) is 0 Å². The van der Waals surface area contributed by atoms with Crippen LogP contribution in [-0.4, -0.2) is 13.1 Å². The normalized spacial score (nSPS) is 32.3. The second kappa shape index (κ2) is 4.32. The van der Waals surface area contributed by atoms with Crippen molar-refractivity contribution in [2.45, 2.75) is 38.5 Å². The molecule has 17 heavy (non-hydrogen) atoms. The predicted molar refractivity (Wildman–Crippen MR) is 66.4 cm³/mol. The SMILES string of the molecule is COC(=O)C1=C(C2CCCCC2)C2C=CC1C2. The zero-order valence-electron chi connectivity index (χ0n) is 10.4. The van der Waals surface area contributed by atoms with E-state index in [4.69, 9.17) is 4.74 Å². The first-order valence-electron chi connectivity index (χ1n) is 6.82. The van der Waals surface area contributed by atoms with Gasteiger partial charge in [-0.05, 0) is 36.7 Å². The lowest BCUT2D eigenvalue weighted by Crippen LogP contribution is -2.18. The first-order chi connectivity index (χ1) is 8.31. The van der Waals surface area contributed by atoms with E-state index in [2.05, 4.69) is 12.2 Å². The molecule has 0 heterocycles. The van der Waals surface area contributed by atoms with Crippen molar-refractivity contribution < 1.29 is 9.53 Å². The third-order valence-electron chi connectivity index (χ3n) is 4.62. The lowest BCUT2D eigenvalue weighted by Gasteiger charge is -2.27. The Morgan fingerprint density at radius 1 is 1.18 bits per heavy atom. The molecule has 0 aliphatic heterocycles. The van der Waals surface area contributed by atoms with E-state index in [1.807, 2.05) is 0 Å². The molecule has 0 aromatic rings. The first-order valence-corrected chi connectivity index (χ1v) is 6.82. The minimum absolute atomic E-state index is 0.0811. The highest BCUT2D eigenvalue weighted by atomic mass is 16.5. The average Bonchev–Trinajstić information content (AvgIpc) is 2.99. The summed E-state index contributed by atoms with van der Waals surface area (Å²) in [6.45, 7) is 0. The Kier molecular flexibility index (Phi) is 2.81. The first kappa shape index (κ1) is 11.1. The molecule has 2 heteroatoms. The van der Waals surface area contributed by atoms with Crippen LogP contribution in [0.25, 0.3) is 0 Å². The van der Waals surface area contributed by atoms with Crippen LogP contribution in [0.15, 0.2) is 23.3 Å². The van der Waals surface area contributed by atoms with Gasteiger partial charge in [0.15, 0.2) is 0 Å². The highest BCUT2D eigenvalue weighted by Gasteiger charge is 2.41. The Morgan fingerprint density at radius 2 is 1.88 bits per heavy atom. The highest BCUT2D eigenvalue weighted by molar-refractivity contribution is 5.92. The molecule has 2 atom stereocenters. The molecule has 1 saturated carbocycles. The number of fused-ring (bicyclic) bond motifs is 2. The summed E-state index contributed by atoms with van der Waals surface area (Å²) >= 11 is 0. The van der Waals surface area contributed by atoms with E-state index in [1.165, 1.54) is 44.8 Å². The number of rotatable bonds is 2. The molecule has 2 unspecified atom stereocenters. The molecular formula is C15H20O2. The minimum atomic E-state index is -0.0811. The van der Waals surface area contributed by atoms with E-state index < -0.39 is 0 Å². The van der Waals surface area contributed by atoms with Gasteiger partial charge in [0.2, 0.25) is 0 Å². The number of methoxy groups -OCH3 is 1. The maximum absolute atomic E-state index is 11.9. The number of carbonyl (C=O) groups is 1. The Bertz CT molecular complexity index is 386. The maximum atomic E-state index is 11.9. The van der Waals surface area contributed by atoms with Gasteiger partial charge in [0, 0.05) is 11.5 Å². The Balaban J connectivity index is 1.92. The van der Waals surface area contributed by atoms with Crippen molar-refractivity contribution in [3.63, 3.8) is 0 Å². The summed E-state index contributed by atoms with van der Waals surface area (Å²) in [5.41, 5.74) is 2.44. The van der Waals surface area contributed by atoms with Crippen molar-refractivity contribution in [1.29, 1.82) is 0 Å². The van der Waals surface area contributed by atoms with Crippen LogP contribution in [0.4, 0.5) is 0 Å². The van der Waals surface area contributed by atoms with E-state index in [0.29, 0.717) is 17.8 Å². The van der Waals surface area contributed by atoms with Gasteiger partial charge >= 0.3 is 5.97 Å². The van der Waals surface area contributed by atoms with E-state index in [9.17, 15) is 4.79 Å². The molecular weight excluding hydrogens is 212 g/mol. The third kappa shape index (κ3) is 1.74. The number of carbonyl (C=O) groups excluding carboxylic acids is 1. The van der Waals surface area contributed by atoms with Gasteiger partial charge in [0.05, 0.1) is 7.11 Å². The average molecular weight is 232 g/mol. The number of allylic oxidation sites excluding steroid dienone is 3. The van der Waals surface area contributed by atoms with Crippen molar-refractivity contribution in [3.05, 3.63) is 23.3 Å². The van der Waals surface area contributed by atoms with E-state index in [0.717, 1.165) is 12.0 Å². The van der Waals surface area contributed by atoms with Crippen LogP contribution >= 0.6 is 0 Å². The van der Waals surface area contributed by atoms with Crippen LogP contribution in [0, 0.1) is 17.8 Å². The van der Waals surface area contributed by atoms with Crippen molar-refractivity contribution in [2.24, 2.45) is 17.8 Å². The zero-order chi connectivity index (χ0) is 11.8. The Labute approximate surface area is 103 Å². The molecule has 3 aliphatic carbocycles. The molecule has 0 aromatic carbocycles. The molecule has 3 rings (SSSR count). The van der Waals surface area contributed by atoms with Gasteiger partial charge in [-0.3, -0.25) is 0 Å². The molecule has 3 aliphatic rings. The number of hydrogen-bond acceptors (Lipinski definition) is 2. The third-order valence-corrected chi connectivity index (χ3v) is 4.62.